The number of amides is 1. The second-order valence-electron chi connectivity index (χ2n) is 6.66. The average molecular weight is 471 g/mol. The Morgan fingerprint density at radius 1 is 1.00 bits per heavy atom. The summed E-state index contributed by atoms with van der Waals surface area (Å²) in [4.78, 5) is 24.6. The molecule has 0 spiro atoms. The molecule has 3 aromatic carbocycles. The van der Waals surface area contributed by atoms with Crippen LogP contribution in [0.5, 0.6) is 11.5 Å². The van der Waals surface area contributed by atoms with Crippen molar-refractivity contribution in [2.45, 2.75) is 13.3 Å². The predicted molar refractivity (Wildman–Crippen MR) is 125 cm³/mol. The quantitative estimate of drug-likeness (QED) is 0.196. The Kier molecular flexibility index (Phi) is 8.25. The maximum Gasteiger partial charge on any atom is 0.345 e. The minimum atomic E-state index is -0.611. The van der Waals surface area contributed by atoms with E-state index in [2.05, 4.69) is 10.5 Å². The summed E-state index contributed by atoms with van der Waals surface area (Å²) in [5.74, 6) is 0.0424. The van der Waals surface area contributed by atoms with Crippen LogP contribution in [0.1, 0.15) is 39.6 Å². The van der Waals surface area contributed by atoms with Gasteiger partial charge in [-0.05, 0) is 66.6 Å². The molecule has 0 unspecified atom stereocenters. The molecule has 164 valence electrons. The fourth-order valence-electron chi connectivity index (χ4n) is 2.63. The van der Waals surface area contributed by atoms with Gasteiger partial charge in [0, 0.05) is 10.6 Å². The molecule has 1 amide bonds. The average Bonchev–Trinajstić information content (AvgIpc) is 2.78. The molecule has 0 fully saturated rings. The Morgan fingerprint density at radius 2 is 1.78 bits per heavy atom. The first-order valence-electron chi connectivity index (χ1n) is 9.80. The summed E-state index contributed by atoms with van der Waals surface area (Å²) in [5.41, 5.74) is 3.74. The highest BCUT2D eigenvalue weighted by Gasteiger charge is 2.13. The van der Waals surface area contributed by atoms with Crippen LogP contribution in [0.3, 0.4) is 0 Å². The van der Waals surface area contributed by atoms with Crippen molar-refractivity contribution in [2.24, 2.45) is 5.10 Å². The number of rotatable bonds is 8. The summed E-state index contributed by atoms with van der Waals surface area (Å²) in [6.07, 6.45) is 2.36. The van der Waals surface area contributed by atoms with Crippen molar-refractivity contribution in [1.29, 1.82) is 0 Å². The van der Waals surface area contributed by atoms with Crippen LogP contribution in [0, 0.1) is 0 Å². The van der Waals surface area contributed by atoms with Crippen LogP contribution in [-0.4, -0.2) is 24.7 Å². The molecule has 0 aliphatic carbocycles. The van der Waals surface area contributed by atoms with Crippen LogP contribution in [-0.2, 0) is 0 Å². The maximum absolute atomic E-state index is 12.4. The molecule has 0 aromatic heterocycles. The van der Waals surface area contributed by atoms with Crippen molar-refractivity contribution >= 4 is 41.3 Å². The lowest BCUT2D eigenvalue weighted by molar-refractivity contribution is 0.0734. The minimum absolute atomic E-state index is 0.202. The number of hydrogen-bond donors (Lipinski definition) is 1. The second kappa shape index (κ2) is 11.3. The standard InChI is InChI=1S/C24H20Cl2N2O4/c1-2-12-31-19-9-6-17(7-10-19)23(29)28-27-15-16-4-3-5-20(13-16)32-24(30)21-11-8-18(25)14-22(21)26/h3-11,13-15H,2,12H2,1H3,(H,28,29). The number of hydrogen-bond acceptors (Lipinski definition) is 5. The summed E-state index contributed by atoms with van der Waals surface area (Å²) in [6.45, 7) is 2.64. The molecule has 0 aliphatic rings. The van der Waals surface area contributed by atoms with Gasteiger partial charge in [0.25, 0.3) is 5.91 Å². The summed E-state index contributed by atoms with van der Waals surface area (Å²) in [7, 11) is 0. The Balaban J connectivity index is 1.59. The number of nitrogens with zero attached hydrogens (tertiary/aromatic N) is 1. The van der Waals surface area contributed by atoms with E-state index in [9.17, 15) is 9.59 Å². The third kappa shape index (κ3) is 6.57. The second-order valence-corrected chi connectivity index (χ2v) is 7.50. The van der Waals surface area contributed by atoms with Crippen LogP contribution in [0.25, 0.3) is 0 Å². The molecule has 1 N–H and O–H groups in total. The molecular formula is C24H20Cl2N2O4. The van der Waals surface area contributed by atoms with E-state index in [1.807, 2.05) is 6.92 Å². The molecule has 0 bridgehead atoms. The molecule has 6 nitrogen and oxygen atoms in total. The van der Waals surface area contributed by atoms with Crippen LogP contribution in [0.2, 0.25) is 10.0 Å². The Hall–Kier alpha value is -3.35. The lowest BCUT2D eigenvalue weighted by Crippen LogP contribution is -2.17. The van der Waals surface area contributed by atoms with Crippen LogP contribution in [0.15, 0.2) is 71.8 Å². The predicted octanol–water partition coefficient (Wildman–Crippen LogP) is 5.77. The normalized spacial score (nSPS) is 10.7. The molecule has 0 heterocycles. The van der Waals surface area contributed by atoms with Gasteiger partial charge in [0.1, 0.15) is 11.5 Å². The highest BCUT2D eigenvalue weighted by atomic mass is 35.5. The molecule has 0 atom stereocenters. The topological polar surface area (TPSA) is 77.0 Å². The largest absolute Gasteiger partial charge is 0.494 e. The van der Waals surface area contributed by atoms with Crippen molar-refractivity contribution in [3.8, 4) is 11.5 Å². The molecule has 3 rings (SSSR count). The zero-order valence-corrected chi connectivity index (χ0v) is 18.7. The fraction of sp³-hybridized carbons (Fsp3) is 0.125. The van der Waals surface area contributed by atoms with Gasteiger partial charge in [-0.3, -0.25) is 4.79 Å². The first kappa shape index (κ1) is 23.3. The van der Waals surface area contributed by atoms with Crippen molar-refractivity contribution in [3.05, 3.63) is 93.5 Å². The zero-order chi connectivity index (χ0) is 22.9. The van der Waals surface area contributed by atoms with E-state index in [0.29, 0.717) is 34.3 Å². The van der Waals surface area contributed by atoms with Crippen molar-refractivity contribution in [2.75, 3.05) is 6.61 Å². The SMILES string of the molecule is CCCOc1ccc(C(=O)NN=Cc2cccc(OC(=O)c3ccc(Cl)cc3Cl)c2)cc1. The Morgan fingerprint density at radius 3 is 2.50 bits per heavy atom. The Bertz CT molecular complexity index is 1130. The van der Waals surface area contributed by atoms with Gasteiger partial charge in [-0.15, -0.1) is 0 Å². The molecule has 0 saturated heterocycles. The van der Waals surface area contributed by atoms with Gasteiger partial charge in [0.2, 0.25) is 0 Å². The van der Waals surface area contributed by atoms with E-state index in [1.165, 1.54) is 18.3 Å². The lowest BCUT2D eigenvalue weighted by Gasteiger charge is -2.07. The lowest BCUT2D eigenvalue weighted by atomic mass is 10.2. The van der Waals surface area contributed by atoms with E-state index in [0.717, 1.165) is 6.42 Å². The van der Waals surface area contributed by atoms with Crippen LogP contribution in [0.4, 0.5) is 0 Å². The molecular weight excluding hydrogens is 451 g/mol. The van der Waals surface area contributed by atoms with Gasteiger partial charge in [-0.25, -0.2) is 10.2 Å². The Labute approximate surface area is 195 Å². The monoisotopic (exact) mass is 470 g/mol. The number of benzene rings is 3. The summed E-state index contributed by atoms with van der Waals surface area (Å²) in [6, 6.07) is 18.0. The van der Waals surface area contributed by atoms with Gasteiger partial charge in [0.05, 0.1) is 23.4 Å². The van der Waals surface area contributed by atoms with E-state index < -0.39 is 5.97 Å². The van der Waals surface area contributed by atoms with Gasteiger partial charge in [-0.2, -0.15) is 5.10 Å². The third-order valence-electron chi connectivity index (χ3n) is 4.19. The molecule has 0 radical (unpaired) electrons. The van der Waals surface area contributed by atoms with E-state index >= 15 is 0 Å². The number of hydrazone groups is 1. The maximum atomic E-state index is 12.4. The number of carbonyl (C=O) groups excluding carboxylic acids is 2. The first-order chi connectivity index (χ1) is 15.5. The summed E-state index contributed by atoms with van der Waals surface area (Å²) < 4.78 is 10.9. The molecule has 3 aromatic rings. The van der Waals surface area contributed by atoms with Gasteiger partial charge in [-0.1, -0.05) is 42.3 Å². The molecule has 0 aliphatic heterocycles. The van der Waals surface area contributed by atoms with E-state index in [-0.39, 0.29) is 16.5 Å². The number of carbonyl (C=O) groups is 2. The molecule has 0 saturated carbocycles. The number of ether oxygens (including phenoxy) is 2. The van der Waals surface area contributed by atoms with Gasteiger partial charge >= 0.3 is 5.97 Å². The number of nitrogens with one attached hydrogen (secondary N) is 1. The van der Waals surface area contributed by atoms with Crippen molar-refractivity contribution < 1.29 is 19.1 Å². The number of halogens is 2. The van der Waals surface area contributed by atoms with Crippen LogP contribution < -0.4 is 14.9 Å². The van der Waals surface area contributed by atoms with Crippen molar-refractivity contribution in [3.63, 3.8) is 0 Å². The van der Waals surface area contributed by atoms with Gasteiger partial charge < -0.3 is 9.47 Å². The third-order valence-corrected chi connectivity index (χ3v) is 4.74. The molecule has 32 heavy (non-hydrogen) atoms. The van der Waals surface area contributed by atoms with Crippen molar-refractivity contribution in [1.82, 2.24) is 5.43 Å². The fourth-order valence-corrected chi connectivity index (χ4v) is 3.11. The number of esters is 1. The van der Waals surface area contributed by atoms with E-state index in [1.54, 1.807) is 54.6 Å². The zero-order valence-electron chi connectivity index (χ0n) is 17.2. The smallest absolute Gasteiger partial charge is 0.345 e. The summed E-state index contributed by atoms with van der Waals surface area (Å²) in [5, 5.41) is 4.59. The minimum Gasteiger partial charge on any atom is -0.494 e. The first-order valence-corrected chi connectivity index (χ1v) is 10.6. The highest BCUT2D eigenvalue weighted by Crippen LogP contribution is 2.23. The highest BCUT2D eigenvalue weighted by molar-refractivity contribution is 6.36. The van der Waals surface area contributed by atoms with Crippen LogP contribution >= 0.6 is 23.2 Å². The molecule has 8 heteroatoms. The van der Waals surface area contributed by atoms with Gasteiger partial charge in [0.15, 0.2) is 0 Å². The summed E-state index contributed by atoms with van der Waals surface area (Å²) >= 11 is 11.9. The van der Waals surface area contributed by atoms with E-state index in [4.69, 9.17) is 32.7 Å².